The van der Waals surface area contributed by atoms with Crippen molar-refractivity contribution in [2.24, 2.45) is 5.92 Å². The maximum absolute atomic E-state index is 12.2. The Morgan fingerprint density at radius 1 is 1.35 bits per heavy atom. The van der Waals surface area contributed by atoms with Crippen molar-refractivity contribution >= 4 is 25.6 Å². The summed E-state index contributed by atoms with van der Waals surface area (Å²) in [5, 5.41) is 0. The number of benzene rings is 1. The lowest BCUT2D eigenvalue weighted by molar-refractivity contribution is 0.101. The van der Waals surface area contributed by atoms with Gasteiger partial charge in [0.05, 0.1) is 16.4 Å². The fourth-order valence-corrected chi connectivity index (χ4v) is 5.69. The van der Waals surface area contributed by atoms with Gasteiger partial charge < -0.3 is 0 Å². The predicted molar refractivity (Wildman–Crippen MR) is 87.6 cm³/mol. The molecule has 1 aliphatic rings. The van der Waals surface area contributed by atoms with Crippen LogP contribution in [0.1, 0.15) is 36.5 Å². The van der Waals surface area contributed by atoms with Crippen molar-refractivity contribution in [3.8, 4) is 0 Å². The topological polar surface area (TPSA) is 97.4 Å². The van der Waals surface area contributed by atoms with Crippen molar-refractivity contribution in [1.82, 2.24) is 4.72 Å². The van der Waals surface area contributed by atoms with Gasteiger partial charge in [-0.2, -0.15) is 0 Å². The number of sulfonamides is 1. The number of carbonyl (C=O) groups excluding carboxylic acids is 1. The highest BCUT2D eigenvalue weighted by Gasteiger charge is 2.27. The summed E-state index contributed by atoms with van der Waals surface area (Å²) in [5.41, 5.74) is 0.351. The molecule has 0 saturated carbocycles. The van der Waals surface area contributed by atoms with Crippen molar-refractivity contribution in [1.29, 1.82) is 0 Å². The van der Waals surface area contributed by atoms with Crippen LogP contribution in [0.15, 0.2) is 29.2 Å². The summed E-state index contributed by atoms with van der Waals surface area (Å²) in [4.78, 5) is 11.4. The number of hydrogen-bond donors (Lipinski definition) is 1. The first-order valence-corrected chi connectivity index (χ1v) is 10.8. The van der Waals surface area contributed by atoms with Gasteiger partial charge in [-0.05, 0) is 44.2 Å². The van der Waals surface area contributed by atoms with E-state index in [1.54, 1.807) is 6.07 Å². The van der Waals surface area contributed by atoms with Crippen molar-refractivity contribution in [2.75, 3.05) is 18.1 Å². The van der Waals surface area contributed by atoms with Crippen LogP contribution in [0.25, 0.3) is 0 Å². The molecular weight excluding hydrogens is 338 g/mol. The molecular formula is C15H21NO5S2. The van der Waals surface area contributed by atoms with Crippen molar-refractivity contribution in [3.05, 3.63) is 29.8 Å². The Labute approximate surface area is 137 Å². The lowest BCUT2D eigenvalue weighted by atomic mass is 10.0. The van der Waals surface area contributed by atoms with E-state index in [-0.39, 0.29) is 34.6 Å². The Hall–Kier alpha value is -1.25. The van der Waals surface area contributed by atoms with Crippen LogP contribution in [0.2, 0.25) is 0 Å². The number of hydrogen-bond acceptors (Lipinski definition) is 5. The average molecular weight is 359 g/mol. The second-order valence-electron chi connectivity index (χ2n) is 5.89. The van der Waals surface area contributed by atoms with Gasteiger partial charge in [-0.25, -0.2) is 21.6 Å². The lowest BCUT2D eigenvalue weighted by Gasteiger charge is -2.09. The van der Waals surface area contributed by atoms with E-state index in [9.17, 15) is 21.6 Å². The van der Waals surface area contributed by atoms with E-state index in [0.717, 1.165) is 0 Å². The smallest absolute Gasteiger partial charge is 0.240 e. The van der Waals surface area contributed by atoms with Crippen molar-refractivity contribution in [2.45, 2.75) is 31.1 Å². The molecule has 0 radical (unpaired) electrons. The average Bonchev–Trinajstić information content (AvgIpc) is 2.83. The van der Waals surface area contributed by atoms with Gasteiger partial charge in [0.15, 0.2) is 15.6 Å². The van der Waals surface area contributed by atoms with Gasteiger partial charge in [0.25, 0.3) is 0 Å². The van der Waals surface area contributed by atoms with E-state index in [1.165, 1.54) is 25.1 Å². The van der Waals surface area contributed by atoms with Crippen LogP contribution in [0.3, 0.4) is 0 Å². The number of nitrogens with one attached hydrogen (secondary N) is 1. The van der Waals surface area contributed by atoms with Crippen molar-refractivity contribution < 1.29 is 21.6 Å². The summed E-state index contributed by atoms with van der Waals surface area (Å²) in [6, 6.07) is 5.91. The summed E-state index contributed by atoms with van der Waals surface area (Å²) in [6.07, 6.45) is 1.94. The monoisotopic (exact) mass is 359 g/mol. The van der Waals surface area contributed by atoms with E-state index >= 15 is 0 Å². The van der Waals surface area contributed by atoms with Crippen LogP contribution in [0.5, 0.6) is 0 Å². The molecule has 8 heteroatoms. The molecule has 0 aliphatic carbocycles. The summed E-state index contributed by atoms with van der Waals surface area (Å²) in [6.45, 7) is 1.64. The molecule has 1 unspecified atom stereocenters. The summed E-state index contributed by atoms with van der Waals surface area (Å²) in [5.74, 6) is 0.386. The summed E-state index contributed by atoms with van der Waals surface area (Å²) in [7, 11) is -6.54. The third-order valence-electron chi connectivity index (χ3n) is 3.96. The standard InChI is InChI=1S/C15H21NO5S2/c1-12(17)14-5-2-6-15(10-14)23(20,21)16-8-3-4-13-7-9-22(18,19)11-13/h2,5-6,10,13,16H,3-4,7-9,11H2,1H3. The first-order valence-electron chi connectivity index (χ1n) is 7.51. The molecule has 2 rings (SSSR count). The molecule has 0 spiro atoms. The first kappa shape index (κ1) is 18.1. The van der Waals surface area contributed by atoms with Crippen LogP contribution in [-0.4, -0.2) is 40.7 Å². The van der Waals surface area contributed by atoms with Gasteiger partial charge in [-0.15, -0.1) is 0 Å². The summed E-state index contributed by atoms with van der Waals surface area (Å²) < 4.78 is 49.6. The number of Topliss-reactive ketones (excluding diaryl/α,β-unsaturated/α-hetero) is 1. The van der Waals surface area contributed by atoms with Crippen molar-refractivity contribution in [3.63, 3.8) is 0 Å². The Balaban J connectivity index is 1.87. The first-order chi connectivity index (χ1) is 10.7. The highest BCUT2D eigenvalue weighted by molar-refractivity contribution is 7.91. The molecule has 1 aromatic rings. The fourth-order valence-electron chi connectivity index (χ4n) is 2.66. The van der Waals surface area contributed by atoms with Crippen LogP contribution < -0.4 is 4.72 Å². The van der Waals surface area contributed by atoms with Gasteiger partial charge in [0.2, 0.25) is 10.0 Å². The highest BCUT2D eigenvalue weighted by atomic mass is 32.2. The quantitative estimate of drug-likeness (QED) is 0.586. The zero-order valence-corrected chi connectivity index (χ0v) is 14.6. The Morgan fingerprint density at radius 3 is 2.70 bits per heavy atom. The Kier molecular flexibility index (Phi) is 5.59. The van der Waals surface area contributed by atoms with Crippen LogP contribution >= 0.6 is 0 Å². The molecule has 6 nitrogen and oxygen atoms in total. The molecule has 1 aromatic carbocycles. The molecule has 0 amide bonds. The van der Waals surface area contributed by atoms with Gasteiger partial charge >= 0.3 is 0 Å². The molecule has 0 aromatic heterocycles. The normalized spacial score (nSPS) is 20.5. The predicted octanol–water partition coefficient (Wildman–Crippen LogP) is 1.38. The number of sulfone groups is 1. The minimum atomic E-state index is -3.66. The number of carbonyl (C=O) groups is 1. The second-order valence-corrected chi connectivity index (χ2v) is 9.89. The van der Waals surface area contributed by atoms with Gasteiger partial charge in [-0.1, -0.05) is 12.1 Å². The largest absolute Gasteiger partial charge is 0.295 e. The van der Waals surface area contributed by atoms with E-state index < -0.39 is 19.9 Å². The van der Waals surface area contributed by atoms with E-state index in [2.05, 4.69) is 4.72 Å². The molecule has 128 valence electrons. The molecule has 1 saturated heterocycles. The number of ketones is 1. The zero-order valence-electron chi connectivity index (χ0n) is 13.0. The number of rotatable bonds is 7. The zero-order chi connectivity index (χ0) is 17.1. The third-order valence-corrected chi connectivity index (χ3v) is 7.25. The van der Waals surface area contributed by atoms with Gasteiger partial charge in [0.1, 0.15) is 0 Å². The maximum atomic E-state index is 12.2. The molecule has 1 aliphatic heterocycles. The second kappa shape index (κ2) is 7.11. The summed E-state index contributed by atoms with van der Waals surface area (Å²) >= 11 is 0. The van der Waals surface area contributed by atoms with Crippen LogP contribution in [-0.2, 0) is 19.9 Å². The molecule has 1 N–H and O–H groups in total. The SMILES string of the molecule is CC(=O)c1cccc(S(=O)(=O)NCCCC2CCS(=O)(=O)C2)c1. The molecule has 1 heterocycles. The Bertz CT molecular complexity index is 784. The highest BCUT2D eigenvalue weighted by Crippen LogP contribution is 2.22. The van der Waals surface area contributed by atoms with Crippen LogP contribution in [0.4, 0.5) is 0 Å². The van der Waals surface area contributed by atoms with E-state index in [0.29, 0.717) is 24.8 Å². The fraction of sp³-hybridized carbons (Fsp3) is 0.533. The minimum Gasteiger partial charge on any atom is -0.295 e. The van der Waals surface area contributed by atoms with Gasteiger partial charge in [0, 0.05) is 12.1 Å². The molecule has 1 fully saturated rings. The lowest BCUT2D eigenvalue weighted by Crippen LogP contribution is -2.25. The van der Waals surface area contributed by atoms with Gasteiger partial charge in [-0.3, -0.25) is 4.79 Å². The van der Waals surface area contributed by atoms with E-state index in [1.807, 2.05) is 0 Å². The molecule has 1 atom stereocenters. The van der Waals surface area contributed by atoms with E-state index in [4.69, 9.17) is 0 Å². The minimum absolute atomic E-state index is 0.0636. The maximum Gasteiger partial charge on any atom is 0.240 e. The molecule has 0 bridgehead atoms. The van der Waals surface area contributed by atoms with Crippen LogP contribution in [0, 0.1) is 5.92 Å². The molecule has 23 heavy (non-hydrogen) atoms. The third kappa shape index (κ3) is 5.12. The Morgan fingerprint density at radius 2 is 2.09 bits per heavy atom.